The first-order valence-corrected chi connectivity index (χ1v) is 7.02. The Labute approximate surface area is 123 Å². The van der Waals surface area contributed by atoms with Crippen molar-refractivity contribution in [3.63, 3.8) is 0 Å². The van der Waals surface area contributed by atoms with Crippen LogP contribution >= 0.6 is 0 Å². The van der Waals surface area contributed by atoms with E-state index in [1.54, 1.807) is 13.8 Å². The molecule has 0 N–H and O–H groups in total. The summed E-state index contributed by atoms with van der Waals surface area (Å²) in [4.78, 5) is 23.8. The number of hydrogen-bond acceptors (Lipinski definition) is 2. The minimum atomic E-state index is 0.0526. The smallest absolute Gasteiger partial charge is 0.161 e. The molecular weight excluding hydrogens is 260 g/mol. The third kappa shape index (κ3) is 2.23. The minimum absolute atomic E-state index is 0.0526. The van der Waals surface area contributed by atoms with Gasteiger partial charge in [-0.3, -0.25) is 9.59 Å². The molecule has 104 valence electrons. The van der Waals surface area contributed by atoms with Gasteiger partial charge in [0.05, 0.1) is 0 Å². The summed E-state index contributed by atoms with van der Waals surface area (Å²) >= 11 is 0. The summed E-state index contributed by atoms with van der Waals surface area (Å²) in [6.07, 6.45) is 0.388. The summed E-state index contributed by atoms with van der Waals surface area (Å²) in [5.41, 5.74) is 1.76. The fourth-order valence-electron chi connectivity index (χ4n) is 3.04. The molecule has 0 amide bonds. The molecule has 21 heavy (non-hydrogen) atoms. The van der Waals surface area contributed by atoms with Crippen molar-refractivity contribution in [2.45, 2.75) is 20.3 Å². The van der Waals surface area contributed by atoms with Crippen molar-refractivity contribution in [2.24, 2.45) is 0 Å². The van der Waals surface area contributed by atoms with E-state index in [0.717, 1.165) is 32.7 Å². The first-order chi connectivity index (χ1) is 10.1. The van der Waals surface area contributed by atoms with Crippen LogP contribution in [0.4, 0.5) is 0 Å². The minimum Gasteiger partial charge on any atom is -0.300 e. The van der Waals surface area contributed by atoms with Crippen molar-refractivity contribution in [3.8, 4) is 0 Å². The van der Waals surface area contributed by atoms with E-state index in [0.29, 0.717) is 6.42 Å². The van der Waals surface area contributed by atoms with Gasteiger partial charge in [0, 0.05) is 12.0 Å². The zero-order chi connectivity index (χ0) is 15.0. The Balaban J connectivity index is 2.57. The fourth-order valence-corrected chi connectivity index (χ4v) is 3.04. The molecule has 0 atom stereocenters. The number of Topliss-reactive ketones (excluding diaryl/α,β-unsaturated/α-hetero) is 2. The van der Waals surface area contributed by atoms with Gasteiger partial charge in [-0.2, -0.15) is 0 Å². The summed E-state index contributed by atoms with van der Waals surface area (Å²) in [5.74, 6) is 0.178. The number of rotatable bonds is 3. The lowest BCUT2D eigenvalue weighted by molar-refractivity contribution is -0.116. The molecule has 0 spiro atoms. The first kappa shape index (κ1) is 13.5. The van der Waals surface area contributed by atoms with Crippen LogP contribution in [0.3, 0.4) is 0 Å². The maximum Gasteiger partial charge on any atom is 0.161 e. The average Bonchev–Trinajstić information content (AvgIpc) is 2.46. The van der Waals surface area contributed by atoms with E-state index in [1.165, 1.54) is 0 Å². The van der Waals surface area contributed by atoms with Crippen molar-refractivity contribution in [2.75, 3.05) is 0 Å². The van der Waals surface area contributed by atoms with Crippen LogP contribution in [0.1, 0.15) is 29.8 Å². The van der Waals surface area contributed by atoms with Crippen LogP contribution in [0.15, 0.2) is 48.5 Å². The van der Waals surface area contributed by atoms with Crippen LogP contribution in [-0.4, -0.2) is 11.6 Å². The van der Waals surface area contributed by atoms with E-state index in [2.05, 4.69) is 0 Å². The third-order valence-corrected chi connectivity index (χ3v) is 3.82. The molecule has 2 heteroatoms. The van der Waals surface area contributed by atoms with Gasteiger partial charge in [0.2, 0.25) is 0 Å². The number of fused-ring (bicyclic) bond motifs is 2. The lowest BCUT2D eigenvalue weighted by Crippen LogP contribution is -2.03. The van der Waals surface area contributed by atoms with E-state index in [9.17, 15) is 9.59 Å². The van der Waals surface area contributed by atoms with Crippen LogP contribution < -0.4 is 0 Å². The Morgan fingerprint density at radius 1 is 0.762 bits per heavy atom. The normalized spacial score (nSPS) is 11.0. The number of hydrogen-bond donors (Lipinski definition) is 0. The van der Waals surface area contributed by atoms with E-state index >= 15 is 0 Å². The summed E-state index contributed by atoms with van der Waals surface area (Å²) in [6, 6.07) is 15.7. The molecule has 3 aromatic carbocycles. The van der Waals surface area contributed by atoms with Gasteiger partial charge in [-0.1, -0.05) is 48.5 Å². The molecule has 0 aliphatic heterocycles. The van der Waals surface area contributed by atoms with Gasteiger partial charge in [0.25, 0.3) is 0 Å². The number of carbonyl (C=O) groups is 2. The molecule has 0 aliphatic carbocycles. The molecule has 0 saturated heterocycles. The third-order valence-electron chi connectivity index (χ3n) is 3.82. The van der Waals surface area contributed by atoms with Crippen LogP contribution in [0.2, 0.25) is 0 Å². The van der Waals surface area contributed by atoms with Crippen LogP contribution in [-0.2, 0) is 11.2 Å². The zero-order valence-corrected chi connectivity index (χ0v) is 12.1. The highest BCUT2D eigenvalue weighted by Crippen LogP contribution is 2.33. The molecule has 0 heterocycles. The summed E-state index contributed by atoms with van der Waals surface area (Å²) in [7, 11) is 0. The summed E-state index contributed by atoms with van der Waals surface area (Å²) < 4.78 is 0. The molecule has 0 aliphatic rings. The highest BCUT2D eigenvalue weighted by molar-refractivity contribution is 6.20. The van der Waals surface area contributed by atoms with Gasteiger partial charge in [0.1, 0.15) is 5.78 Å². The fraction of sp³-hybridized carbons (Fsp3) is 0.158. The van der Waals surface area contributed by atoms with Gasteiger partial charge in [-0.25, -0.2) is 0 Å². The highest BCUT2D eigenvalue weighted by Gasteiger charge is 2.16. The molecule has 0 radical (unpaired) electrons. The second kappa shape index (κ2) is 5.13. The molecule has 2 nitrogen and oxygen atoms in total. The van der Waals surface area contributed by atoms with Crippen LogP contribution in [0, 0.1) is 0 Å². The van der Waals surface area contributed by atoms with Crippen molar-refractivity contribution >= 4 is 33.1 Å². The highest BCUT2D eigenvalue weighted by atomic mass is 16.1. The Hall–Kier alpha value is -2.48. The van der Waals surface area contributed by atoms with Gasteiger partial charge in [0.15, 0.2) is 5.78 Å². The lowest BCUT2D eigenvalue weighted by Gasteiger charge is -2.14. The maximum absolute atomic E-state index is 12.1. The predicted octanol–water partition coefficient (Wildman–Crippen LogP) is 4.33. The van der Waals surface area contributed by atoms with E-state index in [4.69, 9.17) is 0 Å². The monoisotopic (exact) mass is 276 g/mol. The Kier molecular flexibility index (Phi) is 3.30. The van der Waals surface area contributed by atoms with Gasteiger partial charge < -0.3 is 0 Å². The Morgan fingerprint density at radius 3 is 1.57 bits per heavy atom. The van der Waals surface area contributed by atoms with Crippen molar-refractivity contribution in [1.82, 2.24) is 0 Å². The Bertz CT molecular complexity index is 818. The zero-order valence-electron chi connectivity index (χ0n) is 12.1. The Morgan fingerprint density at radius 2 is 1.19 bits per heavy atom. The van der Waals surface area contributed by atoms with Crippen molar-refractivity contribution in [1.29, 1.82) is 0 Å². The largest absolute Gasteiger partial charge is 0.300 e. The second-order valence-electron chi connectivity index (χ2n) is 5.38. The average molecular weight is 276 g/mol. The summed E-state index contributed by atoms with van der Waals surface area (Å²) in [6.45, 7) is 3.20. The lowest BCUT2D eigenvalue weighted by atomic mass is 9.88. The second-order valence-corrected chi connectivity index (χ2v) is 5.38. The number of carbonyl (C=O) groups excluding carboxylic acids is 2. The van der Waals surface area contributed by atoms with Crippen molar-refractivity contribution < 1.29 is 9.59 Å². The number of benzene rings is 3. The standard InChI is InChI=1S/C19H16O2/c1-12(20)11-18-14-7-3-5-9-16(14)19(13(2)21)17-10-6-4-8-15(17)18/h3-10H,11H2,1-2H3. The maximum atomic E-state index is 12.1. The molecule has 0 fully saturated rings. The predicted molar refractivity (Wildman–Crippen MR) is 85.8 cm³/mol. The topological polar surface area (TPSA) is 34.1 Å². The molecular formula is C19H16O2. The molecule has 3 aromatic rings. The molecule has 0 unspecified atom stereocenters. The first-order valence-electron chi connectivity index (χ1n) is 7.02. The SMILES string of the molecule is CC(=O)Cc1c2ccccc2c(C(C)=O)c2ccccc12. The van der Waals surface area contributed by atoms with E-state index in [-0.39, 0.29) is 11.6 Å². The molecule has 0 aromatic heterocycles. The van der Waals surface area contributed by atoms with E-state index < -0.39 is 0 Å². The van der Waals surface area contributed by atoms with Gasteiger partial charge >= 0.3 is 0 Å². The van der Waals surface area contributed by atoms with Crippen LogP contribution in [0.5, 0.6) is 0 Å². The number of ketones is 2. The van der Waals surface area contributed by atoms with Gasteiger partial charge in [-0.05, 0) is 41.0 Å². The van der Waals surface area contributed by atoms with Gasteiger partial charge in [-0.15, -0.1) is 0 Å². The van der Waals surface area contributed by atoms with Crippen molar-refractivity contribution in [3.05, 3.63) is 59.7 Å². The van der Waals surface area contributed by atoms with E-state index in [1.807, 2.05) is 48.5 Å². The molecule has 3 rings (SSSR count). The molecule has 0 bridgehead atoms. The van der Waals surface area contributed by atoms with Crippen LogP contribution in [0.25, 0.3) is 21.5 Å². The molecule has 0 saturated carbocycles. The quantitative estimate of drug-likeness (QED) is 0.527. The summed E-state index contributed by atoms with van der Waals surface area (Å²) in [5, 5.41) is 3.85.